The molecule has 3 aromatic heterocycles. The maximum absolute atomic E-state index is 12.3. The highest BCUT2D eigenvalue weighted by atomic mass is 32.1. The summed E-state index contributed by atoms with van der Waals surface area (Å²) in [6.45, 7) is -2.40. The molecule has 26 heavy (non-hydrogen) atoms. The SMILES string of the molecule is FC(F)Oc1cccc(CNc2nn3cc(-c4cccnc4)nc3s2)c1. The molecular weight excluding hydrogens is 360 g/mol. The minimum absolute atomic E-state index is 0.134. The van der Waals surface area contributed by atoms with E-state index in [2.05, 4.69) is 25.1 Å². The lowest BCUT2D eigenvalue weighted by atomic mass is 10.2. The second-order valence-electron chi connectivity index (χ2n) is 5.38. The van der Waals surface area contributed by atoms with Crippen LogP contribution < -0.4 is 10.1 Å². The molecule has 0 aliphatic rings. The van der Waals surface area contributed by atoms with Crippen molar-refractivity contribution >= 4 is 21.4 Å². The minimum Gasteiger partial charge on any atom is -0.435 e. The van der Waals surface area contributed by atoms with Crippen molar-refractivity contribution in [2.75, 3.05) is 5.32 Å². The van der Waals surface area contributed by atoms with Gasteiger partial charge in [-0.2, -0.15) is 8.78 Å². The quantitative estimate of drug-likeness (QED) is 0.552. The molecule has 1 N–H and O–H groups in total. The Kier molecular flexibility index (Phi) is 4.44. The van der Waals surface area contributed by atoms with Crippen molar-refractivity contribution in [1.82, 2.24) is 19.6 Å². The number of pyridine rings is 1. The standard InChI is InChI=1S/C17H13F2N5OS/c18-15(19)25-13-5-1-3-11(7-13)8-21-16-23-24-10-14(22-17(24)26-16)12-4-2-6-20-9-12/h1-7,9-10,15H,8H2,(H,21,23). The number of hydrogen-bond acceptors (Lipinski definition) is 6. The monoisotopic (exact) mass is 373 g/mol. The molecule has 0 aliphatic heterocycles. The highest BCUT2D eigenvalue weighted by Gasteiger charge is 2.10. The fourth-order valence-corrected chi connectivity index (χ4v) is 3.21. The smallest absolute Gasteiger partial charge is 0.387 e. The summed E-state index contributed by atoms with van der Waals surface area (Å²) in [7, 11) is 0. The van der Waals surface area contributed by atoms with E-state index < -0.39 is 6.61 Å². The summed E-state index contributed by atoms with van der Waals surface area (Å²) in [4.78, 5) is 9.38. The van der Waals surface area contributed by atoms with Crippen LogP contribution in [0.25, 0.3) is 16.2 Å². The lowest BCUT2D eigenvalue weighted by molar-refractivity contribution is -0.0498. The van der Waals surface area contributed by atoms with Crippen LogP contribution in [0.2, 0.25) is 0 Å². The predicted octanol–water partition coefficient (Wildman–Crippen LogP) is 4.07. The molecule has 0 saturated heterocycles. The van der Waals surface area contributed by atoms with Crippen molar-refractivity contribution in [1.29, 1.82) is 0 Å². The lowest BCUT2D eigenvalue weighted by Gasteiger charge is -2.07. The van der Waals surface area contributed by atoms with Crippen LogP contribution in [-0.2, 0) is 6.54 Å². The van der Waals surface area contributed by atoms with Crippen LogP contribution in [0.4, 0.5) is 13.9 Å². The van der Waals surface area contributed by atoms with Crippen LogP contribution in [-0.4, -0.2) is 26.2 Å². The Bertz CT molecular complexity index is 987. The van der Waals surface area contributed by atoms with Gasteiger partial charge in [-0.25, -0.2) is 9.50 Å². The van der Waals surface area contributed by atoms with Crippen LogP contribution >= 0.6 is 11.3 Å². The van der Waals surface area contributed by atoms with Crippen molar-refractivity contribution in [3.8, 4) is 17.0 Å². The third-order valence-corrected chi connectivity index (χ3v) is 4.45. The molecule has 0 fully saturated rings. The normalized spacial score (nSPS) is 11.2. The molecule has 132 valence electrons. The molecule has 3 heterocycles. The number of imidazole rings is 1. The van der Waals surface area contributed by atoms with Gasteiger partial charge >= 0.3 is 6.61 Å². The lowest BCUT2D eigenvalue weighted by Crippen LogP contribution is -2.03. The fraction of sp³-hybridized carbons (Fsp3) is 0.118. The summed E-state index contributed by atoms with van der Waals surface area (Å²) in [5, 5.41) is 8.29. The first-order valence-corrected chi connectivity index (χ1v) is 8.53. The molecule has 9 heteroatoms. The van der Waals surface area contributed by atoms with Crippen LogP contribution in [0, 0.1) is 0 Å². The molecule has 0 bridgehead atoms. The molecule has 0 spiro atoms. The highest BCUT2D eigenvalue weighted by molar-refractivity contribution is 7.20. The summed E-state index contributed by atoms with van der Waals surface area (Å²) >= 11 is 1.40. The molecule has 0 atom stereocenters. The Balaban J connectivity index is 1.46. The van der Waals surface area contributed by atoms with Crippen LogP contribution in [0.3, 0.4) is 0 Å². The van der Waals surface area contributed by atoms with E-state index in [0.29, 0.717) is 11.7 Å². The summed E-state index contributed by atoms with van der Waals surface area (Å²) in [5.41, 5.74) is 2.54. The van der Waals surface area contributed by atoms with Crippen molar-refractivity contribution in [2.24, 2.45) is 0 Å². The Labute approximate surface area is 151 Å². The minimum atomic E-state index is -2.83. The van der Waals surface area contributed by atoms with Gasteiger partial charge in [0.15, 0.2) is 0 Å². The van der Waals surface area contributed by atoms with Crippen LogP contribution in [0.1, 0.15) is 5.56 Å². The van der Waals surface area contributed by atoms with Crippen molar-refractivity contribution < 1.29 is 13.5 Å². The topological polar surface area (TPSA) is 64.3 Å². The molecule has 0 amide bonds. The first-order valence-electron chi connectivity index (χ1n) is 7.71. The van der Waals surface area contributed by atoms with Gasteiger partial charge in [0.1, 0.15) is 5.75 Å². The van der Waals surface area contributed by atoms with Gasteiger partial charge in [-0.05, 0) is 29.8 Å². The molecule has 4 aromatic rings. The molecule has 0 saturated carbocycles. The van der Waals surface area contributed by atoms with Gasteiger partial charge in [-0.15, -0.1) is 5.10 Å². The number of nitrogens with one attached hydrogen (secondary N) is 1. The van der Waals surface area contributed by atoms with Gasteiger partial charge in [0.25, 0.3) is 0 Å². The van der Waals surface area contributed by atoms with Gasteiger partial charge in [-0.1, -0.05) is 23.5 Å². The summed E-state index contributed by atoms with van der Waals surface area (Å²) in [6, 6.07) is 10.3. The van der Waals surface area contributed by atoms with Gasteiger partial charge < -0.3 is 10.1 Å². The molecule has 1 aromatic carbocycles. The average molecular weight is 373 g/mol. The number of rotatable bonds is 6. The number of halogens is 2. The summed E-state index contributed by atoms with van der Waals surface area (Å²) in [6.07, 6.45) is 5.30. The molecule has 0 unspecified atom stereocenters. The molecule has 4 rings (SSSR count). The summed E-state index contributed by atoms with van der Waals surface area (Å²) in [5.74, 6) is 0.134. The third kappa shape index (κ3) is 3.62. The van der Waals surface area contributed by atoms with Crippen molar-refractivity contribution in [2.45, 2.75) is 13.2 Å². The van der Waals surface area contributed by atoms with Gasteiger partial charge in [0.05, 0.1) is 11.9 Å². The number of alkyl halides is 2. The van der Waals surface area contributed by atoms with Crippen molar-refractivity contribution in [3.63, 3.8) is 0 Å². The Morgan fingerprint density at radius 2 is 2.15 bits per heavy atom. The van der Waals surface area contributed by atoms with Gasteiger partial charge in [0.2, 0.25) is 10.1 Å². The number of benzene rings is 1. The van der Waals surface area contributed by atoms with E-state index >= 15 is 0 Å². The zero-order valence-corrected chi connectivity index (χ0v) is 14.2. The molecule has 6 nitrogen and oxygen atoms in total. The number of ether oxygens (including phenoxy) is 1. The molecule has 0 radical (unpaired) electrons. The van der Waals surface area contributed by atoms with Crippen molar-refractivity contribution in [3.05, 3.63) is 60.6 Å². The Morgan fingerprint density at radius 3 is 2.92 bits per heavy atom. The van der Waals surface area contributed by atoms with Gasteiger partial charge in [0, 0.05) is 24.5 Å². The zero-order valence-electron chi connectivity index (χ0n) is 13.3. The maximum atomic E-state index is 12.3. The van der Waals surface area contributed by atoms with E-state index in [1.54, 1.807) is 29.0 Å². The van der Waals surface area contributed by atoms with Crippen LogP contribution in [0.15, 0.2) is 55.0 Å². The zero-order chi connectivity index (χ0) is 17.9. The summed E-state index contributed by atoms with van der Waals surface area (Å²) < 4.78 is 30.7. The first-order chi connectivity index (χ1) is 12.7. The van der Waals surface area contributed by atoms with E-state index in [-0.39, 0.29) is 5.75 Å². The molecular formula is C17H13F2N5OS. The number of fused-ring (bicyclic) bond motifs is 1. The van der Waals surface area contributed by atoms with E-state index in [1.165, 1.54) is 17.4 Å². The Morgan fingerprint density at radius 1 is 1.23 bits per heavy atom. The van der Waals surface area contributed by atoms with E-state index in [0.717, 1.165) is 21.8 Å². The number of nitrogens with zero attached hydrogens (tertiary/aromatic N) is 4. The van der Waals surface area contributed by atoms with Crippen LogP contribution in [0.5, 0.6) is 5.75 Å². The fourth-order valence-electron chi connectivity index (χ4n) is 2.43. The number of hydrogen-bond donors (Lipinski definition) is 1. The Hall–Kier alpha value is -3.07. The van der Waals surface area contributed by atoms with Gasteiger partial charge in [-0.3, -0.25) is 4.98 Å². The second-order valence-corrected chi connectivity index (χ2v) is 6.34. The van der Waals surface area contributed by atoms with E-state index in [9.17, 15) is 8.78 Å². The predicted molar refractivity (Wildman–Crippen MR) is 94.5 cm³/mol. The highest BCUT2D eigenvalue weighted by Crippen LogP contribution is 2.24. The molecule has 0 aliphatic carbocycles. The third-order valence-electron chi connectivity index (χ3n) is 3.57. The first kappa shape index (κ1) is 16.4. The van der Waals surface area contributed by atoms with E-state index in [4.69, 9.17) is 0 Å². The van der Waals surface area contributed by atoms with E-state index in [1.807, 2.05) is 24.4 Å². The number of aromatic nitrogens is 4. The average Bonchev–Trinajstić information content (AvgIpc) is 3.19. The number of anilines is 1. The second kappa shape index (κ2) is 7.04. The maximum Gasteiger partial charge on any atom is 0.387 e. The largest absolute Gasteiger partial charge is 0.435 e.